The van der Waals surface area contributed by atoms with E-state index in [2.05, 4.69) is 0 Å². The van der Waals surface area contributed by atoms with Crippen molar-refractivity contribution in [3.63, 3.8) is 0 Å². The Morgan fingerprint density at radius 3 is 2.58 bits per heavy atom. The van der Waals surface area contributed by atoms with Crippen LogP contribution < -0.4 is 0 Å². The summed E-state index contributed by atoms with van der Waals surface area (Å²) in [4.78, 5) is 0. The molecule has 0 saturated carbocycles. The van der Waals surface area contributed by atoms with Crippen molar-refractivity contribution in [2.45, 2.75) is 12.3 Å². The summed E-state index contributed by atoms with van der Waals surface area (Å²) in [5.74, 6) is 0.309. The van der Waals surface area contributed by atoms with Gasteiger partial charge in [-0.2, -0.15) is 0 Å². The smallest absolute Gasteiger partial charge is 0.123 e. The van der Waals surface area contributed by atoms with E-state index in [1.807, 2.05) is 12.1 Å². The molecule has 64 valence electrons. The molecule has 1 nitrogen and oxygen atoms in total. The number of rotatable bonds is 1. The standard InChI is InChI=1S/C10H11FO/c11-10-3-1-8(2-4-10)9-5-6-12-7-9/h1-4,9H,5-7H2/t9-/m0/s1. The molecule has 0 spiro atoms. The minimum Gasteiger partial charge on any atom is -0.381 e. The summed E-state index contributed by atoms with van der Waals surface area (Å²) in [6, 6.07) is 6.70. The lowest BCUT2D eigenvalue weighted by molar-refractivity contribution is 0.194. The molecule has 0 radical (unpaired) electrons. The van der Waals surface area contributed by atoms with E-state index in [0.717, 1.165) is 19.6 Å². The van der Waals surface area contributed by atoms with E-state index in [9.17, 15) is 4.39 Å². The van der Waals surface area contributed by atoms with E-state index in [4.69, 9.17) is 4.74 Å². The third-order valence-corrected chi connectivity index (χ3v) is 2.27. The van der Waals surface area contributed by atoms with Gasteiger partial charge in [0.15, 0.2) is 0 Å². The lowest BCUT2D eigenvalue weighted by Crippen LogP contribution is -1.96. The van der Waals surface area contributed by atoms with Crippen molar-refractivity contribution in [1.29, 1.82) is 0 Å². The predicted octanol–water partition coefficient (Wildman–Crippen LogP) is 2.33. The van der Waals surface area contributed by atoms with Crippen LogP contribution in [0.25, 0.3) is 0 Å². The Labute approximate surface area is 71.2 Å². The number of hydrogen-bond donors (Lipinski definition) is 0. The fourth-order valence-electron chi connectivity index (χ4n) is 1.53. The molecule has 1 aromatic rings. The van der Waals surface area contributed by atoms with Gasteiger partial charge in [0.05, 0.1) is 6.61 Å². The zero-order valence-corrected chi connectivity index (χ0v) is 6.79. The quantitative estimate of drug-likeness (QED) is 0.622. The minimum atomic E-state index is -0.169. The molecule has 0 aliphatic carbocycles. The normalized spacial score (nSPS) is 22.9. The van der Waals surface area contributed by atoms with Crippen LogP contribution >= 0.6 is 0 Å². The van der Waals surface area contributed by atoms with E-state index in [-0.39, 0.29) is 5.82 Å². The Morgan fingerprint density at radius 1 is 1.25 bits per heavy atom. The lowest BCUT2D eigenvalue weighted by atomic mass is 9.99. The summed E-state index contributed by atoms with van der Waals surface area (Å²) in [6.45, 7) is 1.62. The minimum absolute atomic E-state index is 0.169. The summed E-state index contributed by atoms with van der Waals surface area (Å²) in [5, 5.41) is 0. The van der Waals surface area contributed by atoms with Crippen molar-refractivity contribution in [3.8, 4) is 0 Å². The van der Waals surface area contributed by atoms with Crippen LogP contribution in [0.4, 0.5) is 4.39 Å². The summed E-state index contributed by atoms with van der Waals surface area (Å²) in [7, 11) is 0. The van der Waals surface area contributed by atoms with E-state index < -0.39 is 0 Å². The molecule has 1 fully saturated rings. The molecule has 1 aliphatic rings. The van der Waals surface area contributed by atoms with Gasteiger partial charge in [0, 0.05) is 12.5 Å². The molecule has 0 unspecified atom stereocenters. The van der Waals surface area contributed by atoms with Gasteiger partial charge in [0.2, 0.25) is 0 Å². The first-order valence-electron chi connectivity index (χ1n) is 4.19. The monoisotopic (exact) mass is 166 g/mol. The number of hydrogen-bond acceptors (Lipinski definition) is 1. The van der Waals surface area contributed by atoms with Crippen molar-refractivity contribution in [3.05, 3.63) is 35.6 Å². The number of benzene rings is 1. The van der Waals surface area contributed by atoms with E-state index in [1.165, 1.54) is 17.7 Å². The lowest BCUT2D eigenvalue weighted by Gasteiger charge is -2.06. The zero-order chi connectivity index (χ0) is 8.39. The van der Waals surface area contributed by atoms with Crippen molar-refractivity contribution in [1.82, 2.24) is 0 Å². The van der Waals surface area contributed by atoms with Crippen LogP contribution in [0.15, 0.2) is 24.3 Å². The molecule has 0 N–H and O–H groups in total. The maximum atomic E-state index is 12.5. The molecular formula is C10H11FO. The third kappa shape index (κ3) is 1.48. The van der Waals surface area contributed by atoms with Crippen LogP contribution in [0, 0.1) is 5.82 Å². The highest BCUT2D eigenvalue weighted by molar-refractivity contribution is 5.21. The second-order valence-corrected chi connectivity index (χ2v) is 3.11. The second-order valence-electron chi connectivity index (χ2n) is 3.11. The van der Waals surface area contributed by atoms with Gasteiger partial charge in [-0.15, -0.1) is 0 Å². The maximum Gasteiger partial charge on any atom is 0.123 e. The van der Waals surface area contributed by atoms with Gasteiger partial charge < -0.3 is 4.74 Å². The molecule has 1 aromatic carbocycles. The number of halogens is 1. The summed E-state index contributed by atoms with van der Waals surface area (Å²) < 4.78 is 17.8. The van der Waals surface area contributed by atoms with Gasteiger partial charge in [-0.3, -0.25) is 0 Å². The van der Waals surface area contributed by atoms with E-state index in [1.54, 1.807) is 0 Å². The largest absolute Gasteiger partial charge is 0.381 e. The highest BCUT2D eigenvalue weighted by Crippen LogP contribution is 2.24. The van der Waals surface area contributed by atoms with Gasteiger partial charge in [-0.1, -0.05) is 12.1 Å². The molecule has 1 saturated heterocycles. The average molecular weight is 166 g/mol. The van der Waals surface area contributed by atoms with Crippen LogP contribution in [0.2, 0.25) is 0 Å². The van der Waals surface area contributed by atoms with Crippen molar-refractivity contribution in [2.24, 2.45) is 0 Å². The first-order chi connectivity index (χ1) is 5.86. The second kappa shape index (κ2) is 3.23. The first-order valence-corrected chi connectivity index (χ1v) is 4.19. The van der Waals surface area contributed by atoms with Crippen molar-refractivity contribution in [2.75, 3.05) is 13.2 Å². The molecule has 2 heteroatoms. The van der Waals surface area contributed by atoms with Gasteiger partial charge in [0.25, 0.3) is 0 Å². The Balaban J connectivity index is 2.17. The third-order valence-electron chi connectivity index (χ3n) is 2.27. The highest BCUT2D eigenvalue weighted by atomic mass is 19.1. The van der Waals surface area contributed by atoms with Gasteiger partial charge in [-0.25, -0.2) is 4.39 Å². The van der Waals surface area contributed by atoms with Crippen molar-refractivity contribution < 1.29 is 9.13 Å². The van der Waals surface area contributed by atoms with E-state index in [0.29, 0.717) is 5.92 Å². The fourth-order valence-corrected chi connectivity index (χ4v) is 1.53. The van der Waals surface area contributed by atoms with Crippen LogP contribution in [0.5, 0.6) is 0 Å². The Hall–Kier alpha value is -0.890. The Morgan fingerprint density at radius 2 is 2.00 bits per heavy atom. The molecule has 1 heterocycles. The zero-order valence-electron chi connectivity index (χ0n) is 6.79. The molecule has 0 bridgehead atoms. The fraction of sp³-hybridized carbons (Fsp3) is 0.400. The summed E-state index contributed by atoms with van der Waals surface area (Å²) in [5.41, 5.74) is 1.19. The highest BCUT2D eigenvalue weighted by Gasteiger charge is 2.16. The van der Waals surface area contributed by atoms with Gasteiger partial charge >= 0.3 is 0 Å². The van der Waals surface area contributed by atoms with Crippen LogP contribution in [-0.2, 0) is 4.74 Å². The SMILES string of the molecule is Fc1ccc([C@H]2CCOC2)cc1. The molecular weight excluding hydrogens is 155 g/mol. The predicted molar refractivity (Wildman–Crippen MR) is 44.6 cm³/mol. The van der Waals surface area contributed by atoms with Crippen LogP contribution in [-0.4, -0.2) is 13.2 Å². The molecule has 0 aromatic heterocycles. The average Bonchev–Trinajstić information content (AvgIpc) is 2.58. The topological polar surface area (TPSA) is 9.23 Å². The Bertz CT molecular complexity index is 249. The van der Waals surface area contributed by atoms with Crippen LogP contribution in [0.1, 0.15) is 17.9 Å². The molecule has 1 aliphatic heterocycles. The summed E-state index contributed by atoms with van der Waals surface area (Å²) in [6.07, 6.45) is 1.06. The van der Waals surface area contributed by atoms with Crippen molar-refractivity contribution >= 4 is 0 Å². The summed E-state index contributed by atoms with van der Waals surface area (Å²) >= 11 is 0. The van der Waals surface area contributed by atoms with E-state index >= 15 is 0 Å². The van der Waals surface area contributed by atoms with Gasteiger partial charge in [-0.05, 0) is 24.1 Å². The Kier molecular flexibility index (Phi) is 2.09. The molecule has 2 rings (SSSR count). The first kappa shape index (κ1) is 7.74. The molecule has 1 atom stereocenters. The van der Waals surface area contributed by atoms with Crippen LogP contribution in [0.3, 0.4) is 0 Å². The van der Waals surface area contributed by atoms with Gasteiger partial charge in [0.1, 0.15) is 5.82 Å². The molecule has 12 heavy (non-hydrogen) atoms. The maximum absolute atomic E-state index is 12.5. The molecule has 0 amide bonds. The number of ether oxygens (including phenoxy) is 1.